The molecule has 1 aliphatic heterocycles. The highest BCUT2D eigenvalue weighted by molar-refractivity contribution is 5.68. The predicted octanol–water partition coefficient (Wildman–Crippen LogP) is 2.24. The van der Waals surface area contributed by atoms with E-state index in [1.807, 2.05) is 20.8 Å². The molecule has 21 heavy (non-hydrogen) atoms. The smallest absolute Gasteiger partial charge is 0.410 e. The van der Waals surface area contributed by atoms with E-state index in [1.165, 1.54) is 0 Å². The van der Waals surface area contributed by atoms with Crippen LogP contribution in [0.15, 0.2) is 0 Å². The second-order valence-electron chi connectivity index (χ2n) is 7.50. The van der Waals surface area contributed by atoms with Crippen LogP contribution in [-0.2, 0) is 4.74 Å². The standard InChI is InChI=1S/C16H32N2O3/c1-11(2)14(17-9-12(3)19)13-7-8-18(10-13)15(20)21-16(4,5)6/h11-14,17,19H,7-10H2,1-6H3/t12-,13?,14?/m0/s1. The highest BCUT2D eigenvalue weighted by Crippen LogP contribution is 2.25. The molecule has 1 fully saturated rings. The van der Waals surface area contributed by atoms with E-state index >= 15 is 0 Å². The zero-order valence-corrected chi connectivity index (χ0v) is 14.3. The van der Waals surface area contributed by atoms with Crippen molar-refractivity contribution in [3.63, 3.8) is 0 Å². The quantitative estimate of drug-likeness (QED) is 0.817. The third-order valence-electron chi connectivity index (χ3n) is 3.75. The molecular formula is C16H32N2O3. The van der Waals surface area contributed by atoms with Crippen LogP contribution in [0.5, 0.6) is 0 Å². The Morgan fingerprint density at radius 3 is 2.48 bits per heavy atom. The number of aliphatic hydroxyl groups is 1. The average Bonchev–Trinajstić information content (AvgIpc) is 2.75. The average molecular weight is 300 g/mol. The van der Waals surface area contributed by atoms with E-state index < -0.39 is 5.60 Å². The lowest BCUT2D eigenvalue weighted by molar-refractivity contribution is 0.0282. The number of hydrogen-bond acceptors (Lipinski definition) is 4. The Balaban J connectivity index is 2.56. The Labute approximate surface area is 129 Å². The number of hydrogen-bond donors (Lipinski definition) is 2. The van der Waals surface area contributed by atoms with E-state index in [0.717, 1.165) is 19.5 Å². The van der Waals surface area contributed by atoms with Crippen LogP contribution >= 0.6 is 0 Å². The van der Waals surface area contributed by atoms with Gasteiger partial charge in [0.05, 0.1) is 6.10 Å². The number of rotatable bonds is 5. The Kier molecular flexibility index (Phi) is 6.47. The maximum atomic E-state index is 12.1. The maximum Gasteiger partial charge on any atom is 0.410 e. The molecule has 1 aliphatic rings. The molecule has 1 amide bonds. The van der Waals surface area contributed by atoms with Crippen LogP contribution in [0, 0.1) is 11.8 Å². The molecule has 1 saturated heterocycles. The zero-order valence-electron chi connectivity index (χ0n) is 14.3. The van der Waals surface area contributed by atoms with Crippen LogP contribution in [-0.4, -0.2) is 53.5 Å². The maximum absolute atomic E-state index is 12.1. The summed E-state index contributed by atoms with van der Waals surface area (Å²) in [5.41, 5.74) is -0.447. The second kappa shape index (κ2) is 7.45. The third-order valence-corrected chi connectivity index (χ3v) is 3.75. The summed E-state index contributed by atoms with van der Waals surface area (Å²) in [6.45, 7) is 13.9. The minimum absolute atomic E-state index is 0.219. The molecule has 0 aliphatic carbocycles. The zero-order chi connectivity index (χ0) is 16.2. The molecule has 0 aromatic carbocycles. The number of carbonyl (C=O) groups is 1. The lowest BCUT2D eigenvalue weighted by Crippen LogP contribution is -2.45. The molecule has 0 radical (unpaired) electrons. The molecule has 0 aromatic rings. The molecule has 2 unspecified atom stereocenters. The molecule has 0 aromatic heterocycles. The van der Waals surface area contributed by atoms with E-state index in [9.17, 15) is 9.90 Å². The van der Waals surface area contributed by atoms with Gasteiger partial charge in [-0.05, 0) is 46.0 Å². The first-order chi connectivity index (χ1) is 9.60. The summed E-state index contributed by atoms with van der Waals surface area (Å²) >= 11 is 0. The van der Waals surface area contributed by atoms with E-state index in [1.54, 1.807) is 11.8 Å². The van der Waals surface area contributed by atoms with Crippen molar-refractivity contribution >= 4 is 6.09 Å². The fourth-order valence-corrected chi connectivity index (χ4v) is 2.83. The van der Waals surface area contributed by atoms with Crippen LogP contribution in [0.3, 0.4) is 0 Å². The van der Waals surface area contributed by atoms with Crippen molar-refractivity contribution in [1.29, 1.82) is 0 Å². The molecule has 5 nitrogen and oxygen atoms in total. The lowest BCUT2D eigenvalue weighted by atomic mass is 9.89. The van der Waals surface area contributed by atoms with Crippen LogP contribution in [0.4, 0.5) is 4.79 Å². The summed E-state index contributed by atoms with van der Waals surface area (Å²) in [7, 11) is 0. The van der Waals surface area contributed by atoms with Gasteiger partial charge in [0, 0.05) is 25.7 Å². The van der Waals surface area contributed by atoms with Gasteiger partial charge in [0.15, 0.2) is 0 Å². The highest BCUT2D eigenvalue weighted by Gasteiger charge is 2.35. The molecule has 1 rings (SSSR count). The Morgan fingerprint density at radius 1 is 1.38 bits per heavy atom. The minimum Gasteiger partial charge on any atom is -0.444 e. The van der Waals surface area contributed by atoms with Crippen molar-refractivity contribution in [3.8, 4) is 0 Å². The topological polar surface area (TPSA) is 61.8 Å². The highest BCUT2D eigenvalue weighted by atomic mass is 16.6. The SMILES string of the molecule is CC(C)C(NC[C@H](C)O)C1CCN(C(=O)OC(C)(C)C)C1. The van der Waals surface area contributed by atoms with Crippen molar-refractivity contribution in [2.75, 3.05) is 19.6 Å². The summed E-state index contributed by atoms with van der Waals surface area (Å²) < 4.78 is 5.43. The Hall–Kier alpha value is -0.810. The second-order valence-corrected chi connectivity index (χ2v) is 7.50. The van der Waals surface area contributed by atoms with Gasteiger partial charge in [-0.1, -0.05) is 13.8 Å². The number of nitrogens with zero attached hydrogens (tertiary/aromatic N) is 1. The van der Waals surface area contributed by atoms with Gasteiger partial charge in [-0.2, -0.15) is 0 Å². The normalized spacial score (nSPS) is 22.5. The van der Waals surface area contributed by atoms with Crippen LogP contribution in [0.2, 0.25) is 0 Å². The molecule has 5 heteroatoms. The van der Waals surface area contributed by atoms with Crippen molar-refractivity contribution in [2.45, 2.75) is 65.7 Å². The monoisotopic (exact) mass is 300 g/mol. The van der Waals surface area contributed by atoms with E-state index in [-0.39, 0.29) is 12.2 Å². The summed E-state index contributed by atoms with van der Waals surface area (Å²) in [6, 6.07) is 0.312. The van der Waals surface area contributed by atoms with E-state index in [2.05, 4.69) is 19.2 Å². The summed E-state index contributed by atoms with van der Waals surface area (Å²) in [5.74, 6) is 0.878. The van der Waals surface area contributed by atoms with Crippen LogP contribution < -0.4 is 5.32 Å². The molecule has 0 spiro atoms. The molecule has 0 bridgehead atoms. The Morgan fingerprint density at radius 2 is 2.00 bits per heavy atom. The number of likely N-dealkylation sites (tertiary alicyclic amines) is 1. The number of nitrogens with one attached hydrogen (secondary N) is 1. The van der Waals surface area contributed by atoms with Gasteiger partial charge >= 0.3 is 6.09 Å². The molecular weight excluding hydrogens is 268 g/mol. The molecule has 124 valence electrons. The van der Waals surface area contributed by atoms with E-state index in [4.69, 9.17) is 4.74 Å². The summed E-state index contributed by atoms with van der Waals surface area (Å²) in [5, 5.41) is 12.9. The first kappa shape index (κ1) is 18.2. The van der Waals surface area contributed by atoms with Crippen molar-refractivity contribution in [1.82, 2.24) is 10.2 Å². The van der Waals surface area contributed by atoms with Gasteiger partial charge in [-0.25, -0.2) is 4.79 Å². The van der Waals surface area contributed by atoms with Gasteiger partial charge in [-0.3, -0.25) is 0 Å². The minimum atomic E-state index is -0.447. The van der Waals surface area contributed by atoms with Gasteiger partial charge in [0.2, 0.25) is 0 Å². The third kappa shape index (κ3) is 6.22. The fraction of sp³-hybridized carbons (Fsp3) is 0.938. The predicted molar refractivity (Wildman–Crippen MR) is 84.2 cm³/mol. The van der Waals surface area contributed by atoms with Crippen molar-refractivity contribution < 1.29 is 14.6 Å². The summed E-state index contributed by atoms with van der Waals surface area (Å²) in [4.78, 5) is 13.9. The summed E-state index contributed by atoms with van der Waals surface area (Å²) in [6.07, 6.45) is 0.409. The van der Waals surface area contributed by atoms with Crippen molar-refractivity contribution in [2.24, 2.45) is 11.8 Å². The van der Waals surface area contributed by atoms with Gasteiger partial charge in [0.25, 0.3) is 0 Å². The fourth-order valence-electron chi connectivity index (χ4n) is 2.83. The molecule has 1 heterocycles. The largest absolute Gasteiger partial charge is 0.444 e. The number of ether oxygens (including phenoxy) is 1. The number of carbonyl (C=O) groups excluding carboxylic acids is 1. The lowest BCUT2D eigenvalue weighted by Gasteiger charge is -2.29. The van der Waals surface area contributed by atoms with Gasteiger partial charge < -0.3 is 20.1 Å². The first-order valence-corrected chi connectivity index (χ1v) is 7.99. The first-order valence-electron chi connectivity index (χ1n) is 7.99. The van der Waals surface area contributed by atoms with Gasteiger partial charge in [-0.15, -0.1) is 0 Å². The Bertz CT molecular complexity index is 337. The van der Waals surface area contributed by atoms with Crippen LogP contribution in [0.1, 0.15) is 48.0 Å². The molecule has 0 saturated carbocycles. The van der Waals surface area contributed by atoms with Crippen LogP contribution in [0.25, 0.3) is 0 Å². The van der Waals surface area contributed by atoms with Crippen molar-refractivity contribution in [3.05, 3.63) is 0 Å². The molecule has 2 N–H and O–H groups in total. The van der Waals surface area contributed by atoms with E-state index in [0.29, 0.717) is 24.4 Å². The van der Waals surface area contributed by atoms with Gasteiger partial charge in [0.1, 0.15) is 5.60 Å². The molecule has 3 atom stereocenters. The number of amides is 1. The number of aliphatic hydroxyl groups excluding tert-OH is 1.